The predicted octanol–water partition coefficient (Wildman–Crippen LogP) is 4.28. The number of amides is 1. The van der Waals surface area contributed by atoms with Crippen molar-refractivity contribution in [3.8, 4) is 5.75 Å². The summed E-state index contributed by atoms with van der Waals surface area (Å²) in [6, 6.07) is 20.5. The molecule has 35 heavy (non-hydrogen) atoms. The molecule has 0 N–H and O–H groups in total. The van der Waals surface area contributed by atoms with Gasteiger partial charge in [0.25, 0.3) is 15.9 Å². The number of halogens is 1. The first-order valence-electron chi connectivity index (χ1n) is 11.3. The molecule has 0 radical (unpaired) electrons. The first-order chi connectivity index (χ1) is 16.8. The third-order valence-corrected chi connectivity index (χ3v) is 7.74. The van der Waals surface area contributed by atoms with Crippen LogP contribution in [0.25, 0.3) is 0 Å². The summed E-state index contributed by atoms with van der Waals surface area (Å²) in [6.45, 7) is 4.11. The number of anilines is 1. The summed E-state index contributed by atoms with van der Waals surface area (Å²) in [6.07, 6.45) is 0. The molecule has 1 fully saturated rings. The first kappa shape index (κ1) is 25.0. The van der Waals surface area contributed by atoms with Gasteiger partial charge in [-0.3, -0.25) is 9.10 Å². The molecule has 0 aromatic heterocycles. The third kappa shape index (κ3) is 6.33. The zero-order valence-electron chi connectivity index (χ0n) is 19.4. The number of carbonyl (C=O) groups is 1. The molecule has 0 spiro atoms. The van der Waals surface area contributed by atoms with Gasteiger partial charge in [0.15, 0.2) is 6.61 Å². The molecule has 4 rings (SSSR count). The number of ether oxygens (including phenoxy) is 2. The highest BCUT2D eigenvalue weighted by molar-refractivity contribution is 7.92. The third-order valence-electron chi connectivity index (χ3n) is 5.70. The van der Waals surface area contributed by atoms with Crippen LogP contribution in [0.5, 0.6) is 5.75 Å². The molecule has 0 saturated carbocycles. The van der Waals surface area contributed by atoms with Crippen molar-refractivity contribution in [1.82, 2.24) is 4.90 Å². The van der Waals surface area contributed by atoms with Crippen molar-refractivity contribution in [2.24, 2.45) is 0 Å². The molecule has 0 bridgehead atoms. The van der Waals surface area contributed by atoms with Crippen LogP contribution in [0.1, 0.15) is 11.1 Å². The van der Waals surface area contributed by atoms with Gasteiger partial charge in [0.1, 0.15) is 5.75 Å². The SMILES string of the molecule is Cc1ccc(S(=O)(=O)N(Cc2ccc(Cl)cc2)c2ccc(OCC(=O)N3CCOCC3)cc2)cc1. The fourth-order valence-electron chi connectivity index (χ4n) is 3.67. The molecule has 3 aromatic carbocycles. The standard InChI is InChI=1S/C26H27ClN2O5S/c1-20-2-12-25(13-3-20)35(31,32)29(18-21-4-6-22(27)7-5-21)23-8-10-24(11-9-23)34-19-26(30)28-14-16-33-17-15-28/h2-13H,14-19H2,1H3. The minimum Gasteiger partial charge on any atom is -0.484 e. The number of hydrogen-bond acceptors (Lipinski definition) is 5. The van der Waals surface area contributed by atoms with Gasteiger partial charge in [0.05, 0.1) is 30.3 Å². The van der Waals surface area contributed by atoms with Crippen LogP contribution < -0.4 is 9.04 Å². The Morgan fingerprint density at radius 2 is 1.60 bits per heavy atom. The van der Waals surface area contributed by atoms with E-state index >= 15 is 0 Å². The summed E-state index contributed by atoms with van der Waals surface area (Å²) >= 11 is 6.01. The number of sulfonamides is 1. The molecule has 7 nitrogen and oxygen atoms in total. The molecule has 1 saturated heterocycles. The molecule has 0 atom stereocenters. The first-order valence-corrected chi connectivity index (χ1v) is 13.1. The fraction of sp³-hybridized carbons (Fsp3) is 0.269. The monoisotopic (exact) mass is 514 g/mol. The van der Waals surface area contributed by atoms with Gasteiger partial charge in [-0.15, -0.1) is 0 Å². The second-order valence-electron chi connectivity index (χ2n) is 8.23. The van der Waals surface area contributed by atoms with Gasteiger partial charge >= 0.3 is 0 Å². The minimum absolute atomic E-state index is 0.0878. The lowest BCUT2D eigenvalue weighted by Crippen LogP contribution is -2.42. The average Bonchev–Trinajstić information content (AvgIpc) is 2.88. The summed E-state index contributed by atoms with van der Waals surface area (Å²) in [5, 5.41) is 0.579. The topological polar surface area (TPSA) is 76.2 Å². The van der Waals surface area contributed by atoms with Crippen molar-refractivity contribution in [3.63, 3.8) is 0 Å². The van der Waals surface area contributed by atoms with E-state index in [0.717, 1.165) is 11.1 Å². The van der Waals surface area contributed by atoms with Crippen LogP contribution in [-0.4, -0.2) is 52.1 Å². The molecular formula is C26H27ClN2O5S. The van der Waals surface area contributed by atoms with E-state index < -0.39 is 10.0 Å². The second kappa shape index (κ2) is 11.1. The summed E-state index contributed by atoms with van der Waals surface area (Å²) in [5.74, 6) is 0.373. The van der Waals surface area contributed by atoms with Gasteiger partial charge < -0.3 is 14.4 Å². The van der Waals surface area contributed by atoms with Crippen molar-refractivity contribution in [2.75, 3.05) is 37.2 Å². The summed E-state index contributed by atoms with van der Waals surface area (Å²) < 4.78 is 39.5. The smallest absolute Gasteiger partial charge is 0.264 e. The molecular weight excluding hydrogens is 488 g/mol. The lowest BCUT2D eigenvalue weighted by molar-refractivity contribution is -0.137. The van der Waals surface area contributed by atoms with Crippen LogP contribution in [0.2, 0.25) is 5.02 Å². The van der Waals surface area contributed by atoms with Crippen molar-refractivity contribution >= 4 is 33.2 Å². The van der Waals surface area contributed by atoms with Crippen molar-refractivity contribution in [3.05, 3.63) is 88.9 Å². The van der Waals surface area contributed by atoms with Crippen molar-refractivity contribution in [2.45, 2.75) is 18.4 Å². The maximum Gasteiger partial charge on any atom is 0.264 e. The second-order valence-corrected chi connectivity index (χ2v) is 10.5. The minimum atomic E-state index is -3.85. The highest BCUT2D eigenvalue weighted by Gasteiger charge is 2.25. The van der Waals surface area contributed by atoms with E-state index in [1.54, 1.807) is 77.7 Å². The number of aryl methyl sites for hydroxylation is 1. The number of rotatable bonds is 8. The van der Waals surface area contributed by atoms with Crippen LogP contribution in [0.3, 0.4) is 0 Å². The van der Waals surface area contributed by atoms with E-state index in [1.807, 2.05) is 6.92 Å². The number of carbonyl (C=O) groups excluding carboxylic acids is 1. The Morgan fingerprint density at radius 1 is 0.971 bits per heavy atom. The molecule has 184 valence electrons. The van der Waals surface area contributed by atoms with Crippen LogP contribution in [0, 0.1) is 6.92 Å². The number of hydrogen-bond donors (Lipinski definition) is 0. The lowest BCUT2D eigenvalue weighted by atomic mass is 10.2. The molecule has 1 heterocycles. The van der Waals surface area contributed by atoms with E-state index in [-0.39, 0.29) is 24.0 Å². The largest absolute Gasteiger partial charge is 0.484 e. The molecule has 9 heteroatoms. The molecule has 0 aliphatic carbocycles. The maximum atomic E-state index is 13.6. The molecule has 0 unspecified atom stereocenters. The van der Waals surface area contributed by atoms with Crippen molar-refractivity contribution < 1.29 is 22.7 Å². The molecule has 3 aromatic rings. The average molecular weight is 515 g/mol. The Kier molecular flexibility index (Phi) is 7.95. The Bertz CT molecular complexity index is 1240. The maximum absolute atomic E-state index is 13.6. The highest BCUT2D eigenvalue weighted by Crippen LogP contribution is 2.28. The Morgan fingerprint density at radius 3 is 2.23 bits per heavy atom. The van der Waals surface area contributed by atoms with Gasteiger partial charge in [-0.1, -0.05) is 41.4 Å². The van der Waals surface area contributed by atoms with Crippen LogP contribution in [-0.2, 0) is 26.1 Å². The van der Waals surface area contributed by atoms with Crippen LogP contribution >= 0.6 is 11.6 Å². The highest BCUT2D eigenvalue weighted by atomic mass is 35.5. The molecule has 1 aliphatic heterocycles. The van der Waals surface area contributed by atoms with Crippen LogP contribution in [0.15, 0.2) is 77.7 Å². The molecule has 1 aliphatic rings. The summed E-state index contributed by atoms with van der Waals surface area (Å²) in [7, 11) is -3.85. The lowest BCUT2D eigenvalue weighted by Gasteiger charge is -2.27. The van der Waals surface area contributed by atoms with Gasteiger partial charge in [-0.05, 0) is 61.0 Å². The van der Waals surface area contributed by atoms with E-state index in [9.17, 15) is 13.2 Å². The van der Waals surface area contributed by atoms with E-state index in [4.69, 9.17) is 21.1 Å². The fourth-order valence-corrected chi connectivity index (χ4v) is 5.24. The Labute approximate surface area is 210 Å². The van der Waals surface area contributed by atoms with Gasteiger partial charge in [-0.2, -0.15) is 0 Å². The Hall–Kier alpha value is -3.07. The number of benzene rings is 3. The van der Waals surface area contributed by atoms with E-state index in [1.165, 1.54) is 4.31 Å². The van der Waals surface area contributed by atoms with Gasteiger partial charge in [-0.25, -0.2) is 8.42 Å². The summed E-state index contributed by atoms with van der Waals surface area (Å²) in [4.78, 5) is 14.2. The van der Waals surface area contributed by atoms with Crippen molar-refractivity contribution in [1.29, 1.82) is 0 Å². The van der Waals surface area contributed by atoms with Gasteiger partial charge in [0.2, 0.25) is 0 Å². The van der Waals surface area contributed by atoms with Gasteiger partial charge in [0, 0.05) is 18.1 Å². The predicted molar refractivity (Wildman–Crippen MR) is 135 cm³/mol. The Balaban J connectivity index is 1.55. The summed E-state index contributed by atoms with van der Waals surface area (Å²) in [5.41, 5.74) is 2.25. The zero-order chi connectivity index (χ0) is 24.8. The van der Waals surface area contributed by atoms with E-state index in [0.29, 0.717) is 42.8 Å². The zero-order valence-corrected chi connectivity index (χ0v) is 21.0. The number of morpholine rings is 1. The molecule has 1 amide bonds. The van der Waals surface area contributed by atoms with E-state index in [2.05, 4.69) is 0 Å². The normalized spacial score (nSPS) is 13.9. The number of nitrogens with zero attached hydrogens (tertiary/aromatic N) is 2. The van der Waals surface area contributed by atoms with Crippen LogP contribution in [0.4, 0.5) is 5.69 Å². The quantitative estimate of drug-likeness (QED) is 0.448.